The average molecular weight is 523 g/mol. The third kappa shape index (κ3) is 4.68. The molecule has 1 aliphatic carbocycles. The summed E-state index contributed by atoms with van der Waals surface area (Å²) in [6.07, 6.45) is 3.16. The predicted octanol–water partition coefficient (Wildman–Crippen LogP) is 7.28. The molecule has 4 nitrogen and oxygen atoms in total. The van der Waals surface area contributed by atoms with Crippen molar-refractivity contribution >= 4 is 47.1 Å². The van der Waals surface area contributed by atoms with Gasteiger partial charge in [0, 0.05) is 34.0 Å². The van der Waals surface area contributed by atoms with Gasteiger partial charge in [0.2, 0.25) is 0 Å². The van der Waals surface area contributed by atoms with Gasteiger partial charge in [0.25, 0.3) is 11.1 Å². The largest absolute Gasteiger partial charge is 0.288 e. The second-order valence-corrected chi connectivity index (χ2v) is 11.7. The van der Waals surface area contributed by atoms with Gasteiger partial charge in [-0.2, -0.15) is 0 Å². The van der Waals surface area contributed by atoms with E-state index in [-0.39, 0.29) is 23.2 Å². The van der Waals surface area contributed by atoms with Crippen LogP contribution >= 0.6 is 47.1 Å². The van der Waals surface area contributed by atoms with E-state index in [1.165, 1.54) is 22.7 Å². The molecule has 172 valence electrons. The van der Waals surface area contributed by atoms with Crippen molar-refractivity contribution in [3.8, 4) is 20.9 Å². The first-order valence-corrected chi connectivity index (χ1v) is 13.6. The molecule has 8 heteroatoms. The van der Waals surface area contributed by atoms with Crippen LogP contribution in [-0.2, 0) is 0 Å². The minimum Gasteiger partial charge on any atom is -0.288 e. The van der Waals surface area contributed by atoms with E-state index < -0.39 is 0 Å². The topological polar surface area (TPSA) is 44.0 Å². The molecule has 0 atom stereocenters. The van der Waals surface area contributed by atoms with Gasteiger partial charge < -0.3 is 0 Å². The summed E-state index contributed by atoms with van der Waals surface area (Å²) in [5.41, 5.74) is 1.90. The molecule has 0 N–H and O–H groups in total. The zero-order valence-corrected chi connectivity index (χ0v) is 21.5. The predicted molar refractivity (Wildman–Crippen MR) is 146 cm³/mol. The van der Waals surface area contributed by atoms with Crippen molar-refractivity contribution in [3.63, 3.8) is 0 Å². The Hall–Kier alpha value is -2.52. The summed E-state index contributed by atoms with van der Waals surface area (Å²) in [7, 11) is 0. The number of aromatic nitrogens is 2. The van der Waals surface area contributed by atoms with Gasteiger partial charge in [0.05, 0.1) is 0 Å². The zero-order valence-electron chi connectivity index (χ0n) is 18.3. The highest BCUT2D eigenvalue weighted by molar-refractivity contribution is 7.73. The molecule has 2 heterocycles. The highest BCUT2D eigenvalue weighted by Crippen LogP contribution is 2.36. The van der Waals surface area contributed by atoms with E-state index in [2.05, 4.69) is 0 Å². The van der Waals surface area contributed by atoms with Crippen LogP contribution in [0.5, 0.6) is 0 Å². The third-order valence-corrected chi connectivity index (χ3v) is 9.07. The molecular formula is C26H22N2O2S4. The number of hydrogen-bond acceptors (Lipinski definition) is 6. The number of nitrogens with zero attached hydrogens (tertiary/aromatic N) is 2. The molecule has 0 bridgehead atoms. The van der Waals surface area contributed by atoms with Gasteiger partial charge in [-0.05, 0) is 61.2 Å². The summed E-state index contributed by atoms with van der Waals surface area (Å²) >= 11 is 14.2. The zero-order chi connectivity index (χ0) is 23.7. The number of hydrogen-bond donors (Lipinski definition) is 0. The van der Waals surface area contributed by atoms with Crippen molar-refractivity contribution in [1.82, 2.24) is 9.13 Å². The fourth-order valence-corrected chi connectivity index (χ4v) is 7.51. The molecule has 4 aromatic rings. The fraction of sp³-hybridized carbons (Fsp3) is 0.231. The maximum absolute atomic E-state index is 13.0. The summed E-state index contributed by atoms with van der Waals surface area (Å²) in [6.45, 7) is 0. The fourth-order valence-electron chi connectivity index (χ4n) is 4.61. The molecule has 0 saturated heterocycles. The monoisotopic (exact) mass is 522 g/mol. The first-order valence-electron chi connectivity index (χ1n) is 11.2. The average Bonchev–Trinajstić information content (AvgIpc) is 2.85. The van der Waals surface area contributed by atoms with E-state index in [1.54, 1.807) is 21.3 Å². The van der Waals surface area contributed by atoms with Crippen molar-refractivity contribution in [2.24, 2.45) is 0 Å². The van der Waals surface area contributed by atoms with Gasteiger partial charge in [-0.3, -0.25) is 18.7 Å². The van der Waals surface area contributed by atoms with Crippen LogP contribution in [-0.4, -0.2) is 9.13 Å². The van der Waals surface area contributed by atoms with Gasteiger partial charge in [-0.15, -0.1) is 22.7 Å². The standard InChI is InChI=1S/C26H22N2O2S4/c29-23-15-21(17-7-3-1-4-8-17)33-25(31)27(23)19-11-13-20(14-12-19)28-24(30)16-22(34-26(28)32)18-9-5-2-6-10-18/h1-10,15-16,19-20H,11-14H2. The summed E-state index contributed by atoms with van der Waals surface area (Å²) in [4.78, 5) is 27.8. The maximum atomic E-state index is 13.0. The normalized spacial score (nSPS) is 18.0. The highest BCUT2D eigenvalue weighted by Gasteiger charge is 2.26. The summed E-state index contributed by atoms with van der Waals surface area (Å²) in [5, 5.41) is 0. The van der Waals surface area contributed by atoms with Crippen LogP contribution in [0.2, 0.25) is 0 Å². The minimum atomic E-state index is -0.0541. The van der Waals surface area contributed by atoms with E-state index in [0.29, 0.717) is 7.91 Å². The molecular weight excluding hydrogens is 501 g/mol. The molecule has 34 heavy (non-hydrogen) atoms. The second-order valence-electron chi connectivity index (χ2n) is 8.36. The van der Waals surface area contributed by atoms with Crippen molar-refractivity contribution in [1.29, 1.82) is 0 Å². The molecule has 1 saturated carbocycles. The summed E-state index contributed by atoms with van der Waals surface area (Å²) in [6, 6.07) is 23.2. The number of benzene rings is 2. The Balaban J connectivity index is 1.37. The van der Waals surface area contributed by atoms with E-state index in [1.807, 2.05) is 60.7 Å². The van der Waals surface area contributed by atoms with Crippen LogP contribution in [0.4, 0.5) is 0 Å². The molecule has 5 rings (SSSR count). The molecule has 0 unspecified atom stereocenters. The molecule has 2 aromatic carbocycles. The van der Waals surface area contributed by atoms with Crippen LogP contribution in [0.3, 0.4) is 0 Å². The van der Waals surface area contributed by atoms with Crippen LogP contribution in [0.15, 0.2) is 82.4 Å². The van der Waals surface area contributed by atoms with E-state index >= 15 is 0 Å². The molecule has 1 aliphatic rings. The first kappa shape index (κ1) is 23.2. The van der Waals surface area contributed by atoms with E-state index in [4.69, 9.17) is 24.4 Å². The first-order chi connectivity index (χ1) is 16.5. The minimum absolute atomic E-state index is 0.0499. The quantitative estimate of drug-likeness (QED) is 0.264. The molecule has 0 radical (unpaired) electrons. The Morgan fingerprint density at radius 1 is 0.618 bits per heavy atom. The van der Waals surface area contributed by atoms with Crippen LogP contribution in [0.25, 0.3) is 20.9 Å². The summed E-state index contributed by atoms with van der Waals surface area (Å²) in [5.74, 6) is 0. The maximum Gasteiger partial charge on any atom is 0.253 e. The van der Waals surface area contributed by atoms with Gasteiger partial charge in [0.1, 0.15) is 0 Å². The van der Waals surface area contributed by atoms with Crippen molar-refractivity contribution < 1.29 is 0 Å². The Labute approximate surface area is 215 Å². The van der Waals surface area contributed by atoms with Crippen molar-refractivity contribution in [2.45, 2.75) is 37.8 Å². The van der Waals surface area contributed by atoms with Crippen LogP contribution in [0, 0.1) is 7.91 Å². The lowest BCUT2D eigenvalue weighted by molar-refractivity contribution is 0.267. The van der Waals surface area contributed by atoms with Gasteiger partial charge in [0.15, 0.2) is 7.91 Å². The molecule has 2 aromatic heterocycles. The molecule has 1 fully saturated rings. The molecule has 0 spiro atoms. The lowest BCUT2D eigenvalue weighted by atomic mass is 9.91. The van der Waals surface area contributed by atoms with Crippen LogP contribution < -0.4 is 11.1 Å². The summed E-state index contributed by atoms with van der Waals surface area (Å²) < 4.78 is 4.73. The SMILES string of the molecule is O=c1cc(-c2ccccc2)sc(=S)n1C1CCC(n2c(=O)cc(-c3ccccc3)sc2=S)CC1. The highest BCUT2D eigenvalue weighted by atomic mass is 32.2. The van der Waals surface area contributed by atoms with Gasteiger partial charge >= 0.3 is 0 Å². The number of rotatable bonds is 4. The Morgan fingerprint density at radius 3 is 1.29 bits per heavy atom. The molecule has 0 aliphatic heterocycles. The van der Waals surface area contributed by atoms with Crippen molar-refractivity contribution in [3.05, 3.63) is 101 Å². The Morgan fingerprint density at radius 2 is 0.971 bits per heavy atom. The van der Waals surface area contributed by atoms with Crippen molar-refractivity contribution in [2.75, 3.05) is 0 Å². The van der Waals surface area contributed by atoms with E-state index in [0.717, 1.165) is 46.6 Å². The smallest absolute Gasteiger partial charge is 0.253 e. The molecule has 0 amide bonds. The second kappa shape index (κ2) is 10.00. The lowest BCUT2D eigenvalue weighted by Crippen LogP contribution is -2.31. The Kier molecular flexibility index (Phi) is 6.83. The Bertz CT molecular complexity index is 1360. The lowest BCUT2D eigenvalue weighted by Gasteiger charge is -2.30. The van der Waals surface area contributed by atoms with E-state index in [9.17, 15) is 9.59 Å². The third-order valence-electron chi connectivity index (χ3n) is 6.29. The van der Waals surface area contributed by atoms with Crippen LogP contribution in [0.1, 0.15) is 37.8 Å². The van der Waals surface area contributed by atoms with Gasteiger partial charge in [-0.1, -0.05) is 60.7 Å². The van der Waals surface area contributed by atoms with Gasteiger partial charge in [-0.25, -0.2) is 0 Å².